The van der Waals surface area contributed by atoms with Crippen LogP contribution in [0.4, 0.5) is 0 Å². The number of aliphatic hydroxyl groups excluding tert-OH is 1. The molecule has 1 aromatic rings. The van der Waals surface area contributed by atoms with Crippen LogP contribution >= 0.6 is 0 Å². The Labute approximate surface area is 166 Å². The van der Waals surface area contributed by atoms with E-state index in [0.29, 0.717) is 0 Å². The van der Waals surface area contributed by atoms with Crippen molar-refractivity contribution in [3.8, 4) is 23.8 Å². The molecule has 4 atom stereocenters. The molecule has 0 bridgehead atoms. The number of Topliss-reactive ketones (excluding diaryl/α,β-unsaturated/α-hetero) is 2. The van der Waals surface area contributed by atoms with E-state index in [1.54, 1.807) is 24.3 Å². The first-order valence-electron chi connectivity index (χ1n) is 9.10. The standard InChI is InChI=1S/C22H18O7/c1-3-22(29-10(2)23)8-13-15(14(24)9-22)21(28)17-16(20(13)27)18(25)11-6-4-5-7-12(11)19(17)26/h1,4-7,11-12,14,24,27-28H,8-9H2,2H3. The normalized spacial score (nSPS) is 29.5. The first kappa shape index (κ1) is 19.0. The van der Waals surface area contributed by atoms with Gasteiger partial charge in [0.1, 0.15) is 11.5 Å². The minimum Gasteiger partial charge on any atom is -0.507 e. The summed E-state index contributed by atoms with van der Waals surface area (Å²) in [4.78, 5) is 37.6. The van der Waals surface area contributed by atoms with E-state index in [9.17, 15) is 29.7 Å². The molecule has 7 heteroatoms. The van der Waals surface area contributed by atoms with E-state index in [4.69, 9.17) is 11.2 Å². The molecule has 3 aliphatic rings. The second kappa shape index (κ2) is 6.33. The van der Waals surface area contributed by atoms with E-state index in [2.05, 4.69) is 5.92 Å². The van der Waals surface area contributed by atoms with E-state index in [-0.39, 0.29) is 35.1 Å². The molecule has 29 heavy (non-hydrogen) atoms. The number of phenolic OH excluding ortho intramolecular Hbond substituents is 2. The second-order valence-electron chi connectivity index (χ2n) is 7.52. The Morgan fingerprint density at radius 1 is 1.14 bits per heavy atom. The average molecular weight is 394 g/mol. The largest absolute Gasteiger partial charge is 0.507 e. The quantitative estimate of drug-likeness (QED) is 0.377. The molecular formula is C22H18O7. The first-order chi connectivity index (χ1) is 13.7. The van der Waals surface area contributed by atoms with Gasteiger partial charge in [0.15, 0.2) is 17.2 Å². The summed E-state index contributed by atoms with van der Waals surface area (Å²) in [5.74, 6) is -2.00. The van der Waals surface area contributed by atoms with Crippen LogP contribution in [0.15, 0.2) is 24.3 Å². The van der Waals surface area contributed by atoms with Crippen LogP contribution in [-0.2, 0) is 16.0 Å². The first-order valence-corrected chi connectivity index (χ1v) is 9.10. The predicted molar refractivity (Wildman–Crippen MR) is 100 cm³/mol. The van der Waals surface area contributed by atoms with Gasteiger partial charge in [-0.3, -0.25) is 14.4 Å². The van der Waals surface area contributed by atoms with Gasteiger partial charge < -0.3 is 20.1 Å². The number of carbonyl (C=O) groups excluding carboxylic acids is 3. The lowest BCUT2D eigenvalue weighted by molar-refractivity contribution is -0.154. The maximum absolute atomic E-state index is 13.0. The van der Waals surface area contributed by atoms with Gasteiger partial charge in [0, 0.05) is 30.9 Å². The number of benzene rings is 1. The molecule has 4 unspecified atom stereocenters. The van der Waals surface area contributed by atoms with Gasteiger partial charge in [0.05, 0.1) is 29.1 Å². The number of carbonyl (C=O) groups is 3. The Balaban J connectivity index is 1.96. The third kappa shape index (κ3) is 2.60. The van der Waals surface area contributed by atoms with Gasteiger partial charge in [-0.25, -0.2) is 0 Å². The van der Waals surface area contributed by atoms with E-state index < -0.39 is 52.6 Å². The lowest BCUT2D eigenvalue weighted by Gasteiger charge is -2.38. The van der Waals surface area contributed by atoms with Gasteiger partial charge in [-0.15, -0.1) is 6.42 Å². The number of allylic oxidation sites excluding steroid dienone is 4. The number of esters is 1. The highest BCUT2D eigenvalue weighted by molar-refractivity contribution is 6.20. The topological polar surface area (TPSA) is 121 Å². The number of terminal acetylenes is 1. The van der Waals surface area contributed by atoms with Crippen LogP contribution in [0.1, 0.15) is 51.3 Å². The molecule has 0 saturated heterocycles. The Bertz CT molecular complexity index is 1070. The molecule has 3 aliphatic carbocycles. The summed E-state index contributed by atoms with van der Waals surface area (Å²) >= 11 is 0. The molecule has 0 radical (unpaired) electrons. The molecule has 0 saturated carbocycles. The molecular weight excluding hydrogens is 376 g/mol. The smallest absolute Gasteiger partial charge is 0.304 e. The minimum absolute atomic E-state index is 0.00543. The van der Waals surface area contributed by atoms with Crippen molar-refractivity contribution in [1.29, 1.82) is 0 Å². The average Bonchev–Trinajstić information content (AvgIpc) is 2.68. The molecule has 1 aromatic carbocycles. The molecule has 7 nitrogen and oxygen atoms in total. The van der Waals surface area contributed by atoms with Crippen LogP contribution in [0.2, 0.25) is 0 Å². The number of hydrogen-bond donors (Lipinski definition) is 3. The van der Waals surface area contributed by atoms with Crippen LogP contribution in [0, 0.1) is 24.2 Å². The summed E-state index contributed by atoms with van der Waals surface area (Å²) < 4.78 is 5.23. The monoisotopic (exact) mass is 394 g/mol. The molecule has 3 N–H and O–H groups in total. The highest BCUT2D eigenvalue weighted by atomic mass is 16.6. The molecule has 0 aliphatic heterocycles. The Morgan fingerprint density at radius 2 is 1.69 bits per heavy atom. The maximum Gasteiger partial charge on any atom is 0.304 e. The van der Waals surface area contributed by atoms with E-state index in [1.807, 2.05) is 0 Å². The molecule has 0 aromatic heterocycles. The van der Waals surface area contributed by atoms with Gasteiger partial charge in [-0.05, 0) is 0 Å². The van der Waals surface area contributed by atoms with Crippen LogP contribution in [0.5, 0.6) is 11.5 Å². The third-order valence-corrected chi connectivity index (χ3v) is 5.74. The Morgan fingerprint density at radius 3 is 2.21 bits per heavy atom. The maximum atomic E-state index is 13.0. The van der Waals surface area contributed by atoms with Gasteiger partial charge in [-0.2, -0.15) is 0 Å². The fourth-order valence-electron chi connectivity index (χ4n) is 4.52. The highest BCUT2D eigenvalue weighted by Gasteiger charge is 2.49. The highest BCUT2D eigenvalue weighted by Crippen LogP contribution is 2.51. The fraction of sp³-hybridized carbons (Fsp3) is 0.318. The van der Waals surface area contributed by atoms with Crippen molar-refractivity contribution in [2.45, 2.75) is 31.5 Å². The van der Waals surface area contributed by atoms with Crippen LogP contribution in [0.3, 0.4) is 0 Å². The van der Waals surface area contributed by atoms with Crippen LogP contribution in [0.25, 0.3) is 0 Å². The molecule has 4 rings (SSSR count). The van der Waals surface area contributed by atoms with Crippen molar-refractivity contribution in [2.75, 3.05) is 0 Å². The third-order valence-electron chi connectivity index (χ3n) is 5.74. The summed E-state index contributed by atoms with van der Waals surface area (Å²) in [6.07, 6.45) is 10.1. The summed E-state index contributed by atoms with van der Waals surface area (Å²) in [7, 11) is 0. The zero-order valence-electron chi connectivity index (χ0n) is 15.5. The summed E-state index contributed by atoms with van der Waals surface area (Å²) in [6, 6.07) is 0. The number of fused-ring (bicyclic) bond motifs is 3. The van der Waals surface area contributed by atoms with Crippen LogP contribution in [-0.4, -0.2) is 38.5 Å². The number of rotatable bonds is 1. The predicted octanol–water partition coefficient (Wildman–Crippen LogP) is 1.75. The molecule has 148 valence electrons. The van der Waals surface area contributed by atoms with Crippen molar-refractivity contribution in [3.05, 3.63) is 46.6 Å². The number of aromatic hydroxyl groups is 2. The molecule has 0 spiro atoms. The van der Waals surface area contributed by atoms with Gasteiger partial charge in [-0.1, -0.05) is 30.2 Å². The van der Waals surface area contributed by atoms with Crippen molar-refractivity contribution in [1.82, 2.24) is 0 Å². The number of hydrogen-bond acceptors (Lipinski definition) is 7. The summed E-state index contributed by atoms with van der Waals surface area (Å²) in [5, 5.41) is 32.4. The molecule has 0 fully saturated rings. The van der Waals surface area contributed by atoms with Crippen molar-refractivity contribution < 1.29 is 34.4 Å². The van der Waals surface area contributed by atoms with Crippen molar-refractivity contribution >= 4 is 17.5 Å². The molecule has 0 amide bonds. The minimum atomic E-state index is -1.55. The van der Waals surface area contributed by atoms with Gasteiger partial charge in [0.2, 0.25) is 0 Å². The number of ketones is 2. The van der Waals surface area contributed by atoms with E-state index in [0.717, 1.165) is 6.92 Å². The second-order valence-corrected chi connectivity index (χ2v) is 7.52. The lowest BCUT2D eigenvalue weighted by Crippen LogP contribution is -2.42. The zero-order valence-corrected chi connectivity index (χ0v) is 15.5. The van der Waals surface area contributed by atoms with Crippen LogP contribution < -0.4 is 0 Å². The number of aliphatic hydroxyl groups is 1. The number of ether oxygens (including phenoxy) is 1. The van der Waals surface area contributed by atoms with Crippen molar-refractivity contribution in [2.24, 2.45) is 11.8 Å². The number of phenols is 2. The van der Waals surface area contributed by atoms with E-state index in [1.165, 1.54) is 0 Å². The van der Waals surface area contributed by atoms with Gasteiger partial charge in [0.25, 0.3) is 0 Å². The molecule has 0 heterocycles. The zero-order chi connectivity index (χ0) is 21.1. The Kier molecular flexibility index (Phi) is 4.14. The SMILES string of the molecule is C#CC1(OC(C)=O)Cc2c(O)c3c(c(O)c2C(O)C1)C(=O)C1C=CC=CC1C3=O. The van der Waals surface area contributed by atoms with Gasteiger partial charge >= 0.3 is 5.97 Å². The lowest BCUT2D eigenvalue weighted by atomic mass is 9.68. The van der Waals surface area contributed by atoms with Crippen molar-refractivity contribution in [3.63, 3.8) is 0 Å². The summed E-state index contributed by atoms with van der Waals surface area (Å²) in [5.41, 5.74) is -2.22. The fourth-order valence-corrected chi connectivity index (χ4v) is 4.52. The summed E-state index contributed by atoms with van der Waals surface area (Å²) in [6.45, 7) is 1.16. The van der Waals surface area contributed by atoms with E-state index >= 15 is 0 Å². The Hall–Kier alpha value is -3.37.